The average Bonchev–Trinajstić information content (AvgIpc) is 2.80. The predicted octanol–water partition coefficient (Wildman–Crippen LogP) is 2.06. The highest BCUT2D eigenvalue weighted by molar-refractivity contribution is 4.92. The number of hydrogen-bond acceptors (Lipinski definition) is 3. The molecule has 114 valence electrons. The number of hydrogen-bond donors (Lipinski definition) is 1. The Labute approximate surface area is 123 Å². The van der Waals surface area contributed by atoms with Crippen LogP contribution >= 0.6 is 0 Å². The first-order valence-corrected chi connectivity index (χ1v) is 7.87. The molecule has 4 nitrogen and oxygen atoms in total. The molecular formula is C16H30N4. The lowest BCUT2D eigenvalue weighted by Gasteiger charge is -2.33. The van der Waals surface area contributed by atoms with Crippen molar-refractivity contribution in [2.45, 2.75) is 45.6 Å². The summed E-state index contributed by atoms with van der Waals surface area (Å²) in [6.07, 6.45) is 7.63. The molecule has 0 bridgehead atoms. The quantitative estimate of drug-likeness (QED) is 0.895. The molecule has 2 rings (SSSR count). The maximum Gasteiger partial charge on any atom is 0.109 e. The molecule has 1 saturated heterocycles. The van der Waals surface area contributed by atoms with E-state index in [9.17, 15) is 0 Å². The summed E-state index contributed by atoms with van der Waals surface area (Å²) < 4.78 is 2.13. The van der Waals surface area contributed by atoms with E-state index in [0.717, 1.165) is 25.4 Å². The summed E-state index contributed by atoms with van der Waals surface area (Å²) in [6.45, 7) is 11.5. The van der Waals surface area contributed by atoms with Crippen LogP contribution in [0.25, 0.3) is 0 Å². The van der Waals surface area contributed by atoms with Gasteiger partial charge < -0.3 is 14.8 Å². The van der Waals surface area contributed by atoms with Crippen molar-refractivity contribution in [1.82, 2.24) is 19.8 Å². The molecule has 1 aromatic rings. The third kappa shape index (κ3) is 4.91. The molecular weight excluding hydrogens is 248 g/mol. The molecule has 0 aliphatic carbocycles. The molecule has 0 aromatic carbocycles. The summed E-state index contributed by atoms with van der Waals surface area (Å²) >= 11 is 0. The van der Waals surface area contributed by atoms with E-state index in [-0.39, 0.29) is 5.54 Å². The maximum atomic E-state index is 4.40. The Hall–Kier alpha value is -0.870. The number of likely N-dealkylation sites (tertiary alicyclic amines) is 1. The topological polar surface area (TPSA) is 33.1 Å². The summed E-state index contributed by atoms with van der Waals surface area (Å²) in [7, 11) is 2.08. The van der Waals surface area contributed by atoms with Crippen LogP contribution < -0.4 is 5.32 Å². The zero-order valence-electron chi connectivity index (χ0n) is 13.5. The third-order valence-electron chi connectivity index (χ3n) is 4.20. The van der Waals surface area contributed by atoms with Gasteiger partial charge in [-0.1, -0.05) is 0 Å². The number of aromatic nitrogens is 2. The number of imidazole rings is 1. The van der Waals surface area contributed by atoms with Gasteiger partial charge in [0.15, 0.2) is 0 Å². The fourth-order valence-corrected chi connectivity index (χ4v) is 2.76. The lowest BCUT2D eigenvalue weighted by Crippen LogP contribution is -2.43. The smallest absolute Gasteiger partial charge is 0.109 e. The van der Waals surface area contributed by atoms with Gasteiger partial charge in [0.05, 0.1) is 0 Å². The normalized spacial score (nSPS) is 18.6. The van der Waals surface area contributed by atoms with Crippen LogP contribution in [0.5, 0.6) is 0 Å². The Morgan fingerprint density at radius 3 is 2.55 bits per heavy atom. The number of nitrogens with one attached hydrogen (secondary N) is 1. The lowest BCUT2D eigenvalue weighted by atomic mass is 9.95. The van der Waals surface area contributed by atoms with E-state index in [0.29, 0.717) is 0 Å². The van der Waals surface area contributed by atoms with Crippen molar-refractivity contribution in [1.29, 1.82) is 0 Å². The Morgan fingerprint density at radius 2 is 2.00 bits per heavy atom. The second kappa shape index (κ2) is 6.72. The Bertz CT molecular complexity index is 397. The molecule has 0 saturated carbocycles. The Balaban J connectivity index is 1.65. The van der Waals surface area contributed by atoms with Crippen molar-refractivity contribution in [2.24, 2.45) is 13.0 Å². The van der Waals surface area contributed by atoms with Crippen LogP contribution in [-0.2, 0) is 13.5 Å². The summed E-state index contributed by atoms with van der Waals surface area (Å²) in [5.41, 5.74) is 0.245. The highest BCUT2D eigenvalue weighted by Gasteiger charge is 2.20. The maximum absolute atomic E-state index is 4.40. The van der Waals surface area contributed by atoms with Gasteiger partial charge in [0.1, 0.15) is 5.82 Å². The van der Waals surface area contributed by atoms with E-state index in [2.05, 4.69) is 47.6 Å². The number of piperidine rings is 1. The molecule has 4 heteroatoms. The zero-order chi connectivity index (χ0) is 14.6. The summed E-state index contributed by atoms with van der Waals surface area (Å²) in [4.78, 5) is 6.98. The van der Waals surface area contributed by atoms with Gasteiger partial charge >= 0.3 is 0 Å². The van der Waals surface area contributed by atoms with Crippen molar-refractivity contribution in [2.75, 3.05) is 26.2 Å². The van der Waals surface area contributed by atoms with Gasteiger partial charge in [0, 0.05) is 37.9 Å². The van der Waals surface area contributed by atoms with Crippen LogP contribution in [0, 0.1) is 5.92 Å². The SMILES string of the molecule is Cn1ccnc1CCN1CCC(CNC(C)(C)C)CC1. The lowest BCUT2D eigenvalue weighted by molar-refractivity contribution is 0.177. The first-order chi connectivity index (χ1) is 9.44. The van der Waals surface area contributed by atoms with E-state index in [1.54, 1.807) is 0 Å². The summed E-state index contributed by atoms with van der Waals surface area (Å²) in [6, 6.07) is 0. The largest absolute Gasteiger partial charge is 0.338 e. The van der Waals surface area contributed by atoms with E-state index in [4.69, 9.17) is 0 Å². The van der Waals surface area contributed by atoms with Gasteiger partial charge in [-0.25, -0.2) is 4.98 Å². The first-order valence-electron chi connectivity index (χ1n) is 7.87. The fourth-order valence-electron chi connectivity index (χ4n) is 2.76. The molecule has 1 aromatic heterocycles. The van der Waals surface area contributed by atoms with Gasteiger partial charge in [-0.2, -0.15) is 0 Å². The van der Waals surface area contributed by atoms with Gasteiger partial charge in [-0.05, 0) is 59.2 Å². The highest BCUT2D eigenvalue weighted by atomic mass is 15.1. The molecule has 1 fully saturated rings. The second-order valence-electron chi connectivity index (χ2n) is 7.12. The van der Waals surface area contributed by atoms with Gasteiger partial charge in [0.2, 0.25) is 0 Å². The highest BCUT2D eigenvalue weighted by Crippen LogP contribution is 2.17. The fraction of sp³-hybridized carbons (Fsp3) is 0.812. The molecule has 0 spiro atoms. The van der Waals surface area contributed by atoms with Crippen molar-refractivity contribution >= 4 is 0 Å². The van der Waals surface area contributed by atoms with Gasteiger partial charge in [-0.15, -0.1) is 0 Å². The van der Waals surface area contributed by atoms with Crippen LogP contribution in [0.1, 0.15) is 39.4 Å². The molecule has 2 heterocycles. The molecule has 0 amide bonds. The molecule has 1 aliphatic rings. The molecule has 0 radical (unpaired) electrons. The summed E-state index contributed by atoms with van der Waals surface area (Å²) in [5, 5.41) is 3.64. The first kappa shape index (κ1) is 15.5. The van der Waals surface area contributed by atoms with Crippen molar-refractivity contribution in [3.05, 3.63) is 18.2 Å². The second-order valence-corrected chi connectivity index (χ2v) is 7.12. The third-order valence-corrected chi connectivity index (χ3v) is 4.20. The standard InChI is InChI=1S/C16H30N4/c1-16(2,3)18-13-14-5-9-20(10-6-14)11-7-15-17-8-12-19(15)4/h8,12,14,18H,5-7,9-11,13H2,1-4H3. The molecule has 1 N–H and O–H groups in total. The minimum atomic E-state index is 0.245. The zero-order valence-corrected chi connectivity index (χ0v) is 13.5. The molecule has 0 unspecified atom stereocenters. The molecule has 20 heavy (non-hydrogen) atoms. The van der Waals surface area contributed by atoms with Gasteiger partial charge in [-0.3, -0.25) is 0 Å². The minimum Gasteiger partial charge on any atom is -0.338 e. The number of nitrogens with zero attached hydrogens (tertiary/aromatic N) is 3. The van der Waals surface area contributed by atoms with Crippen LogP contribution in [0.4, 0.5) is 0 Å². The van der Waals surface area contributed by atoms with Crippen molar-refractivity contribution in [3.8, 4) is 0 Å². The Kier molecular flexibility index (Phi) is 5.22. The van der Waals surface area contributed by atoms with Crippen LogP contribution in [-0.4, -0.2) is 46.2 Å². The van der Waals surface area contributed by atoms with Crippen LogP contribution in [0.3, 0.4) is 0 Å². The molecule has 1 aliphatic heterocycles. The summed E-state index contributed by atoms with van der Waals surface area (Å²) in [5.74, 6) is 2.04. The van der Waals surface area contributed by atoms with Crippen molar-refractivity contribution < 1.29 is 0 Å². The minimum absolute atomic E-state index is 0.245. The monoisotopic (exact) mass is 278 g/mol. The van der Waals surface area contributed by atoms with Gasteiger partial charge in [0.25, 0.3) is 0 Å². The van der Waals surface area contributed by atoms with E-state index in [1.165, 1.54) is 31.8 Å². The molecule has 0 atom stereocenters. The number of aryl methyl sites for hydroxylation is 1. The van der Waals surface area contributed by atoms with E-state index < -0.39 is 0 Å². The van der Waals surface area contributed by atoms with E-state index >= 15 is 0 Å². The van der Waals surface area contributed by atoms with Crippen LogP contribution in [0.15, 0.2) is 12.4 Å². The van der Waals surface area contributed by atoms with E-state index in [1.807, 2.05) is 12.4 Å². The Morgan fingerprint density at radius 1 is 1.30 bits per heavy atom. The average molecular weight is 278 g/mol. The number of rotatable bonds is 5. The van der Waals surface area contributed by atoms with Crippen LogP contribution in [0.2, 0.25) is 0 Å². The predicted molar refractivity (Wildman–Crippen MR) is 83.8 cm³/mol. The van der Waals surface area contributed by atoms with Crippen molar-refractivity contribution in [3.63, 3.8) is 0 Å².